The molecule has 0 aliphatic rings. The second-order valence-electron chi connectivity index (χ2n) is 7.16. The zero-order chi connectivity index (χ0) is 22.4. The largest absolute Gasteiger partial charge is 0.497 e. The summed E-state index contributed by atoms with van der Waals surface area (Å²) in [7, 11) is -2.24. The lowest BCUT2D eigenvalue weighted by atomic mass is 10.0. The number of amides is 1. The third-order valence-corrected chi connectivity index (χ3v) is 6.40. The van der Waals surface area contributed by atoms with E-state index in [0.29, 0.717) is 22.6 Å². The minimum absolute atomic E-state index is 0.0951. The van der Waals surface area contributed by atoms with E-state index in [-0.39, 0.29) is 16.8 Å². The van der Waals surface area contributed by atoms with Crippen LogP contribution < -0.4 is 14.8 Å². The van der Waals surface area contributed by atoms with Crippen LogP contribution >= 0.6 is 0 Å². The number of methoxy groups -OCH3 is 1. The molecule has 0 aromatic heterocycles. The summed E-state index contributed by atoms with van der Waals surface area (Å²) in [5.41, 5.74) is 2.58. The Morgan fingerprint density at radius 3 is 2.26 bits per heavy atom. The second kappa shape index (κ2) is 9.66. The lowest BCUT2D eigenvalue weighted by molar-refractivity contribution is 0.0935. The summed E-state index contributed by atoms with van der Waals surface area (Å²) in [6.07, 6.45) is 0.758. The van der Waals surface area contributed by atoms with Crippen LogP contribution in [-0.2, 0) is 10.0 Å². The molecule has 3 rings (SSSR count). The van der Waals surface area contributed by atoms with Crippen LogP contribution in [-0.4, -0.2) is 21.4 Å². The van der Waals surface area contributed by atoms with Gasteiger partial charge in [-0.15, -0.1) is 0 Å². The molecule has 3 aromatic carbocycles. The fourth-order valence-corrected chi connectivity index (χ4v) is 4.36. The number of benzene rings is 3. The summed E-state index contributed by atoms with van der Waals surface area (Å²) in [6.45, 7) is 3.78. The van der Waals surface area contributed by atoms with E-state index in [4.69, 9.17) is 4.74 Å². The average molecular weight is 439 g/mol. The predicted molar refractivity (Wildman–Crippen MR) is 122 cm³/mol. The van der Waals surface area contributed by atoms with Crippen molar-refractivity contribution in [3.63, 3.8) is 0 Å². The highest BCUT2D eigenvalue weighted by atomic mass is 32.2. The van der Waals surface area contributed by atoms with Crippen LogP contribution in [0.25, 0.3) is 0 Å². The molecule has 0 aliphatic carbocycles. The molecule has 6 nitrogen and oxygen atoms in total. The van der Waals surface area contributed by atoms with Gasteiger partial charge in [-0.2, -0.15) is 0 Å². The Hall–Kier alpha value is -3.32. The van der Waals surface area contributed by atoms with Gasteiger partial charge < -0.3 is 10.1 Å². The van der Waals surface area contributed by atoms with Gasteiger partial charge in [-0.05, 0) is 66.9 Å². The minimum atomic E-state index is -3.76. The van der Waals surface area contributed by atoms with Gasteiger partial charge in [0.15, 0.2) is 0 Å². The number of anilines is 1. The van der Waals surface area contributed by atoms with Crippen molar-refractivity contribution in [2.24, 2.45) is 0 Å². The Morgan fingerprint density at radius 2 is 1.68 bits per heavy atom. The highest BCUT2D eigenvalue weighted by molar-refractivity contribution is 7.92. The Kier molecular flexibility index (Phi) is 6.97. The van der Waals surface area contributed by atoms with Gasteiger partial charge in [-0.1, -0.05) is 37.3 Å². The second-order valence-corrected chi connectivity index (χ2v) is 8.84. The molecule has 7 heteroatoms. The molecule has 0 aliphatic heterocycles. The Bertz CT molecular complexity index is 1140. The Morgan fingerprint density at radius 1 is 1.00 bits per heavy atom. The van der Waals surface area contributed by atoms with Crippen molar-refractivity contribution in [2.75, 3.05) is 11.8 Å². The van der Waals surface area contributed by atoms with Gasteiger partial charge in [-0.3, -0.25) is 9.52 Å². The molecule has 3 aromatic rings. The van der Waals surface area contributed by atoms with Crippen molar-refractivity contribution >= 4 is 21.6 Å². The molecule has 31 heavy (non-hydrogen) atoms. The van der Waals surface area contributed by atoms with Gasteiger partial charge in [0.1, 0.15) is 5.75 Å². The fraction of sp³-hybridized carbons (Fsp3) is 0.208. The molecule has 0 spiro atoms. The molecule has 2 N–H and O–H groups in total. The fourth-order valence-electron chi connectivity index (χ4n) is 3.23. The third kappa shape index (κ3) is 5.44. The predicted octanol–water partition coefficient (Wildman–Crippen LogP) is 4.69. The van der Waals surface area contributed by atoms with E-state index in [0.717, 1.165) is 12.0 Å². The summed E-state index contributed by atoms with van der Waals surface area (Å²) in [6, 6.07) is 20.7. The average Bonchev–Trinajstić information content (AvgIpc) is 2.79. The quantitative estimate of drug-likeness (QED) is 0.535. The molecule has 0 heterocycles. The van der Waals surface area contributed by atoms with Gasteiger partial charge in [0.05, 0.1) is 23.7 Å². The number of carbonyl (C=O) groups excluding carboxylic acids is 1. The number of rotatable bonds is 8. The SMILES string of the molecule is CC[C@@H](NC(=O)c1ccc(NS(=O)(=O)c2ccc(OC)cc2)c(C)c1)c1ccccc1. The summed E-state index contributed by atoms with van der Waals surface area (Å²) in [5, 5.41) is 3.04. The monoisotopic (exact) mass is 438 g/mol. The van der Waals surface area contributed by atoms with Crippen molar-refractivity contribution in [3.8, 4) is 5.75 Å². The number of ether oxygens (including phenoxy) is 1. The highest BCUT2D eigenvalue weighted by Gasteiger charge is 2.18. The number of carbonyl (C=O) groups is 1. The first-order valence-electron chi connectivity index (χ1n) is 9.97. The molecule has 1 atom stereocenters. The molecular weight excluding hydrogens is 412 g/mol. The zero-order valence-corrected chi connectivity index (χ0v) is 18.6. The lowest BCUT2D eigenvalue weighted by Gasteiger charge is -2.18. The number of hydrogen-bond acceptors (Lipinski definition) is 4. The van der Waals surface area contributed by atoms with Crippen LogP contribution in [0.5, 0.6) is 5.75 Å². The topological polar surface area (TPSA) is 84.5 Å². The van der Waals surface area contributed by atoms with Crippen LogP contribution in [0.1, 0.15) is 40.9 Å². The Balaban J connectivity index is 1.75. The zero-order valence-electron chi connectivity index (χ0n) is 17.8. The molecule has 0 saturated carbocycles. The maximum atomic E-state index is 12.8. The highest BCUT2D eigenvalue weighted by Crippen LogP contribution is 2.23. The molecule has 0 bridgehead atoms. The van der Waals surface area contributed by atoms with E-state index >= 15 is 0 Å². The minimum Gasteiger partial charge on any atom is -0.497 e. The number of hydrogen-bond donors (Lipinski definition) is 2. The van der Waals surface area contributed by atoms with Crippen molar-refractivity contribution in [1.29, 1.82) is 0 Å². The summed E-state index contributed by atoms with van der Waals surface area (Å²) >= 11 is 0. The van der Waals surface area contributed by atoms with Crippen molar-refractivity contribution < 1.29 is 17.9 Å². The van der Waals surface area contributed by atoms with Crippen LogP contribution in [0.4, 0.5) is 5.69 Å². The van der Waals surface area contributed by atoms with Crippen molar-refractivity contribution in [3.05, 3.63) is 89.5 Å². The lowest BCUT2D eigenvalue weighted by Crippen LogP contribution is -2.28. The van der Waals surface area contributed by atoms with Gasteiger partial charge in [0.25, 0.3) is 15.9 Å². The number of aryl methyl sites for hydroxylation is 1. The molecule has 162 valence electrons. The van der Waals surface area contributed by atoms with Crippen LogP contribution in [0.2, 0.25) is 0 Å². The van der Waals surface area contributed by atoms with E-state index < -0.39 is 10.0 Å². The first-order chi connectivity index (χ1) is 14.8. The summed E-state index contributed by atoms with van der Waals surface area (Å²) in [5.74, 6) is 0.370. The number of nitrogens with one attached hydrogen (secondary N) is 2. The standard InChI is InChI=1S/C24H26N2O4S/c1-4-22(18-8-6-5-7-9-18)25-24(27)19-10-15-23(17(2)16-19)26-31(28,29)21-13-11-20(30-3)12-14-21/h5-16,22,26H,4H2,1-3H3,(H,25,27)/t22-/m1/s1. The van der Waals surface area contributed by atoms with Gasteiger partial charge in [0, 0.05) is 5.56 Å². The van der Waals surface area contributed by atoms with Gasteiger partial charge in [-0.25, -0.2) is 8.42 Å². The normalized spacial score (nSPS) is 12.1. The van der Waals surface area contributed by atoms with Crippen LogP contribution in [0.15, 0.2) is 77.7 Å². The van der Waals surface area contributed by atoms with E-state index in [1.807, 2.05) is 37.3 Å². The van der Waals surface area contributed by atoms with E-state index in [1.54, 1.807) is 37.3 Å². The van der Waals surface area contributed by atoms with E-state index in [2.05, 4.69) is 10.0 Å². The Labute approximate surface area is 183 Å². The molecule has 0 fully saturated rings. The van der Waals surface area contributed by atoms with E-state index in [9.17, 15) is 13.2 Å². The first-order valence-corrected chi connectivity index (χ1v) is 11.5. The summed E-state index contributed by atoms with van der Waals surface area (Å²) in [4.78, 5) is 12.9. The molecule has 1 amide bonds. The maximum Gasteiger partial charge on any atom is 0.261 e. The van der Waals surface area contributed by atoms with Gasteiger partial charge >= 0.3 is 0 Å². The van der Waals surface area contributed by atoms with Crippen LogP contribution in [0.3, 0.4) is 0 Å². The summed E-state index contributed by atoms with van der Waals surface area (Å²) < 4.78 is 33.0. The number of sulfonamides is 1. The van der Waals surface area contributed by atoms with Crippen molar-refractivity contribution in [1.82, 2.24) is 5.32 Å². The maximum absolute atomic E-state index is 12.8. The van der Waals surface area contributed by atoms with Gasteiger partial charge in [0.2, 0.25) is 0 Å². The van der Waals surface area contributed by atoms with Crippen molar-refractivity contribution in [2.45, 2.75) is 31.2 Å². The smallest absolute Gasteiger partial charge is 0.261 e. The van der Waals surface area contributed by atoms with Crippen LogP contribution in [0, 0.1) is 6.92 Å². The molecule has 0 saturated heterocycles. The third-order valence-electron chi connectivity index (χ3n) is 5.02. The van der Waals surface area contributed by atoms with E-state index in [1.165, 1.54) is 19.2 Å². The molecular formula is C24H26N2O4S. The molecule has 0 unspecified atom stereocenters. The first kappa shape index (κ1) is 22.4. The molecule has 0 radical (unpaired) electrons.